The molecule has 0 saturated heterocycles. The standard InChI is InChI=1S/C15H18ClN3OS/c16-11-5-6-12-13(7-11)21-15(18-12)19-14(20)10-3-1-9(8-17)2-4-10/h5-7,9-10H,1-4,8,17H2,(H,18,19,20). The zero-order valence-electron chi connectivity index (χ0n) is 11.6. The van der Waals surface area contributed by atoms with Crippen LogP contribution in [-0.4, -0.2) is 17.4 Å². The molecule has 0 spiro atoms. The summed E-state index contributed by atoms with van der Waals surface area (Å²) in [5, 5.41) is 4.28. The van der Waals surface area contributed by atoms with Crippen molar-refractivity contribution in [3.63, 3.8) is 0 Å². The molecule has 112 valence electrons. The minimum atomic E-state index is 0.0793. The highest BCUT2D eigenvalue weighted by molar-refractivity contribution is 7.22. The highest BCUT2D eigenvalue weighted by Crippen LogP contribution is 2.31. The smallest absolute Gasteiger partial charge is 0.229 e. The number of hydrogen-bond acceptors (Lipinski definition) is 4. The van der Waals surface area contributed by atoms with E-state index in [4.69, 9.17) is 17.3 Å². The molecule has 1 amide bonds. The maximum atomic E-state index is 12.3. The summed E-state index contributed by atoms with van der Waals surface area (Å²) in [7, 11) is 0. The Balaban J connectivity index is 1.66. The molecule has 3 N–H and O–H groups in total. The van der Waals surface area contributed by atoms with E-state index in [0.29, 0.717) is 16.1 Å². The first-order valence-electron chi connectivity index (χ1n) is 7.22. The highest BCUT2D eigenvalue weighted by atomic mass is 35.5. The summed E-state index contributed by atoms with van der Waals surface area (Å²) in [6.45, 7) is 0.729. The van der Waals surface area contributed by atoms with Crippen molar-refractivity contribution in [3.8, 4) is 0 Å². The van der Waals surface area contributed by atoms with E-state index in [-0.39, 0.29) is 11.8 Å². The van der Waals surface area contributed by atoms with Crippen LogP contribution in [0.5, 0.6) is 0 Å². The molecule has 1 aromatic heterocycles. The van der Waals surface area contributed by atoms with Gasteiger partial charge in [-0.3, -0.25) is 4.79 Å². The maximum absolute atomic E-state index is 12.3. The van der Waals surface area contributed by atoms with Gasteiger partial charge in [0.2, 0.25) is 5.91 Å². The van der Waals surface area contributed by atoms with Crippen LogP contribution in [-0.2, 0) is 4.79 Å². The Hall–Kier alpha value is -1.17. The molecule has 0 radical (unpaired) electrons. The van der Waals surface area contributed by atoms with Crippen LogP contribution in [0, 0.1) is 11.8 Å². The molecular weight excluding hydrogens is 306 g/mol. The van der Waals surface area contributed by atoms with Crippen molar-refractivity contribution >= 4 is 44.2 Å². The van der Waals surface area contributed by atoms with Crippen molar-refractivity contribution in [1.82, 2.24) is 4.98 Å². The normalized spacial score (nSPS) is 22.4. The fourth-order valence-electron chi connectivity index (χ4n) is 2.82. The molecule has 1 saturated carbocycles. The molecule has 21 heavy (non-hydrogen) atoms. The first kappa shape index (κ1) is 14.8. The van der Waals surface area contributed by atoms with Crippen LogP contribution >= 0.6 is 22.9 Å². The summed E-state index contributed by atoms with van der Waals surface area (Å²) in [6, 6.07) is 5.55. The van der Waals surface area contributed by atoms with Crippen LogP contribution < -0.4 is 11.1 Å². The van der Waals surface area contributed by atoms with Gasteiger partial charge in [0, 0.05) is 10.9 Å². The van der Waals surface area contributed by atoms with Crippen LogP contribution in [0.3, 0.4) is 0 Å². The van der Waals surface area contributed by atoms with Crippen molar-refractivity contribution < 1.29 is 4.79 Å². The Morgan fingerprint density at radius 1 is 1.38 bits per heavy atom. The van der Waals surface area contributed by atoms with Crippen LogP contribution in [0.25, 0.3) is 10.2 Å². The average molecular weight is 324 g/mol. The van der Waals surface area contributed by atoms with Gasteiger partial charge in [-0.05, 0) is 56.3 Å². The van der Waals surface area contributed by atoms with Gasteiger partial charge in [-0.1, -0.05) is 22.9 Å². The first-order valence-corrected chi connectivity index (χ1v) is 8.42. The second kappa shape index (κ2) is 6.30. The van der Waals surface area contributed by atoms with Gasteiger partial charge >= 0.3 is 0 Å². The van der Waals surface area contributed by atoms with Crippen LogP contribution in [0.1, 0.15) is 25.7 Å². The van der Waals surface area contributed by atoms with E-state index in [1.54, 1.807) is 0 Å². The zero-order valence-corrected chi connectivity index (χ0v) is 13.2. The number of fused-ring (bicyclic) bond motifs is 1. The summed E-state index contributed by atoms with van der Waals surface area (Å²) in [6.07, 6.45) is 3.93. The third-order valence-corrected chi connectivity index (χ3v) is 5.30. The summed E-state index contributed by atoms with van der Waals surface area (Å²) < 4.78 is 0.990. The molecule has 1 aliphatic rings. The minimum absolute atomic E-state index is 0.0793. The average Bonchev–Trinajstić information content (AvgIpc) is 2.88. The van der Waals surface area contributed by atoms with E-state index >= 15 is 0 Å². The van der Waals surface area contributed by atoms with Gasteiger partial charge in [0.1, 0.15) is 0 Å². The van der Waals surface area contributed by atoms with Crippen molar-refractivity contribution in [2.45, 2.75) is 25.7 Å². The maximum Gasteiger partial charge on any atom is 0.229 e. The lowest BCUT2D eigenvalue weighted by Crippen LogP contribution is -2.29. The Bertz CT molecular complexity index is 649. The molecule has 2 aromatic rings. The van der Waals surface area contributed by atoms with E-state index in [1.165, 1.54) is 11.3 Å². The van der Waals surface area contributed by atoms with Gasteiger partial charge in [-0.15, -0.1) is 0 Å². The molecule has 0 atom stereocenters. The van der Waals surface area contributed by atoms with Crippen LogP contribution in [0.4, 0.5) is 5.13 Å². The van der Waals surface area contributed by atoms with E-state index in [9.17, 15) is 4.79 Å². The summed E-state index contributed by atoms with van der Waals surface area (Å²) >= 11 is 7.43. The lowest BCUT2D eigenvalue weighted by Gasteiger charge is -2.26. The molecule has 1 heterocycles. The molecule has 1 fully saturated rings. The van der Waals surface area contributed by atoms with Crippen LogP contribution in [0.15, 0.2) is 18.2 Å². The van der Waals surface area contributed by atoms with Crippen molar-refractivity contribution in [3.05, 3.63) is 23.2 Å². The number of nitrogens with two attached hydrogens (primary N) is 1. The summed E-state index contributed by atoms with van der Waals surface area (Å²) in [5.41, 5.74) is 6.55. The Morgan fingerprint density at radius 3 is 2.86 bits per heavy atom. The zero-order chi connectivity index (χ0) is 14.8. The molecule has 0 aliphatic heterocycles. The predicted molar refractivity (Wildman–Crippen MR) is 87.8 cm³/mol. The Kier molecular flexibility index (Phi) is 4.42. The molecule has 0 bridgehead atoms. The van der Waals surface area contributed by atoms with Gasteiger partial charge in [0.25, 0.3) is 0 Å². The number of hydrogen-bond donors (Lipinski definition) is 2. The lowest BCUT2D eigenvalue weighted by atomic mass is 9.82. The van der Waals surface area contributed by atoms with Gasteiger partial charge in [0.05, 0.1) is 10.2 Å². The monoisotopic (exact) mass is 323 g/mol. The predicted octanol–water partition coefficient (Wildman–Crippen LogP) is 3.65. The molecule has 1 aromatic carbocycles. The van der Waals surface area contributed by atoms with Gasteiger partial charge in [-0.25, -0.2) is 4.98 Å². The largest absolute Gasteiger partial charge is 0.330 e. The number of nitrogens with zero attached hydrogens (tertiary/aromatic N) is 1. The first-order chi connectivity index (χ1) is 10.2. The van der Waals surface area contributed by atoms with E-state index < -0.39 is 0 Å². The summed E-state index contributed by atoms with van der Waals surface area (Å²) in [5.74, 6) is 0.748. The Morgan fingerprint density at radius 2 is 2.14 bits per heavy atom. The molecule has 3 rings (SSSR count). The minimum Gasteiger partial charge on any atom is -0.330 e. The Labute approximate surface area is 132 Å². The number of amides is 1. The van der Waals surface area contributed by atoms with Gasteiger partial charge in [0.15, 0.2) is 5.13 Å². The number of benzene rings is 1. The van der Waals surface area contributed by atoms with Gasteiger partial charge < -0.3 is 11.1 Å². The molecule has 6 heteroatoms. The number of anilines is 1. The fraction of sp³-hybridized carbons (Fsp3) is 0.467. The van der Waals surface area contributed by atoms with Gasteiger partial charge in [-0.2, -0.15) is 0 Å². The van der Waals surface area contributed by atoms with Crippen molar-refractivity contribution in [1.29, 1.82) is 0 Å². The number of halogens is 1. The lowest BCUT2D eigenvalue weighted by molar-refractivity contribution is -0.121. The number of rotatable bonds is 3. The highest BCUT2D eigenvalue weighted by Gasteiger charge is 2.26. The van der Waals surface area contributed by atoms with E-state index in [2.05, 4.69) is 10.3 Å². The number of aromatic nitrogens is 1. The number of nitrogens with one attached hydrogen (secondary N) is 1. The number of carbonyl (C=O) groups is 1. The summed E-state index contributed by atoms with van der Waals surface area (Å²) in [4.78, 5) is 16.7. The topological polar surface area (TPSA) is 68.0 Å². The fourth-order valence-corrected chi connectivity index (χ4v) is 3.96. The second-order valence-electron chi connectivity index (χ2n) is 5.57. The number of thiazole rings is 1. The third kappa shape index (κ3) is 3.36. The van der Waals surface area contributed by atoms with Crippen LogP contribution in [0.2, 0.25) is 5.02 Å². The molecule has 4 nitrogen and oxygen atoms in total. The van der Waals surface area contributed by atoms with E-state index in [1.807, 2.05) is 18.2 Å². The molecule has 1 aliphatic carbocycles. The molecule has 0 unspecified atom stereocenters. The third-order valence-electron chi connectivity index (χ3n) is 4.13. The second-order valence-corrected chi connectivity index (χ2v) is 7.04. The van der Waals surface area contributed by atoms with E-state index in [0.717, 1.165) is 42.4 Å². The van der Waals surface area contributed by atoms with Crippen molar-refractivity contribution in [2.24, 2.45) is 17.6 Å². The number of carbonyl (C=O) groups excluding carboxylic acids is 1. The molecular formula is C15H18ClN3OS. The quantitative estimate of drug-likeness (QED) is 0.905. The SMILES string of the molecule is NCC1CCC(C(=O)Nc2nc3ccc(Cl)cc3s2)CC1. The van der Waals surface area contributed by atoms with Crippen molar-refractivity contribution in [2.75, 3.05) is 11.9 Å².